The lowest BCUT2D eigenvalue weighted by atomic mass is 9.94. The Morgan fingerprint density at radius 2 is 2.29 bits per heavy atom. The molecule has 1 aliphatic rings. The van der Waals surface area contributed by atoms with E-state index < -0.39 is 0 Å². The molecule has 1 aliphatic heterocycles. The Bertz CT molecular complexity index is 439. The molecule has 1 aromatic rings. The minimum absolute atomic E-state index is 0.0816. The predicted octanol–water partition coefficient (Wildman–Crippen LogP) is 2.45. The smallest absolute Gasteiger partial charge is 0.167 e. The first-order chi connectivity index (χ1) is 8.13. The number of Topliss-reactive ketones (excluding diaryl/α,β-unsaturated/α-hetero) is 1. The number of ether oxygens (including phenoxy) is 1. The molecule has 2 rings (SSSR count). The Labute approximate surface area is 106 Å². The number of carbonyl (C=O) groups excluding carboxylic acids is 1. The average molecular weight is 254 g/mol. The highest BCUT2D eigenvalue weighted by molar-refractivity contribution is 6.32. The summed E-state index contributed by atoms with van der Waals surface area (Å²) >= 11 is 6.06. The number of ketones is 1. The van der Waals surface area contributed by atoms with E-state index in [0.29, 0.717) is 16.3 Å². The normalized spacial score (nSPS) is 19.4. The first kappa shape index (κ1) is 12.4. The van der Waals surface area contributed by atoms with Gasteiger partial charge in [0.15, 0.2) is 5.78 Å². The van der Waals surface area contributed by atoms with E-state index in [1.54, 1.807) is 13.2 Å². The summed E-state index contributed by atoms with van der Waals surface area (Å²) in [5.41, 5.74) is 1.63. The minimum Gasteiger partial charge on any atom is -0.495 e. The Morgan fingerprint density at radius 1 is 1.53 bits per heavy atom. The van der Waals surface area contributed by atoms with Gasteiger partial charge in [-0.3, -0.25) is 4.79 Å². The number of hydrogen-bond donors (Lipinski definition) is 1. The molecule has 1 atom stereocenters. The molecular weight excluding hydrogens is 238 g/mol. The fourth-order valence-electron chi connectivity index (χ4n) is 2.18. The van der Waals surface area contributed by atoms with Crippen LogP contribution in [0.1, 0.15) is 22.3 Å². The van der Waals surface area contributed by atoms with Crippen molar-refractivity contribution in [3.63, 3.8) is 0 Å². The van der Waals surface area contributed by atoms with Crippen LogP contribution in [0, 0.1) is 12.8 Å². The number of benzene rings is 1. The highest BCUT2D eigenvalue weighted by Crippen LogP contribution is 2.29. The van der Waals surface area contributed by atoms with Crippen LogP contribution >= 0.6 is 11.6 Å². The van der Waals surface area contributed by atoms with Gasteiger partial charge in [-0.1, -0.05) is 11.6 Å². The summed E-state index contributed by atoms with van der Waals surface area (Å²) in [6, 6.07) is 3.54. The van der Waals surface area contributed by atoms with E-state index in [-0.39, 0.29) is 11.7 Å². The topological polar surface area (TPSA) is 38.3 Å². The van der Waals surface area contributed by atoms with Crippen LogP contribution in [0.25, 0.3) is 0 Å². The van der Waals surface area contributed by atoms with Gasteiger partial charge in [-0.2, -0.15) is 0 Å². The molecule has 3 nitrogen and oxygen atoms in total. The van der Waals surface area contributed by atoms with Gasteiger partial charge < -0.3 is 10.1 Å². The molecule has 1 saturated heterocycles. The van der Waals surface area contributed by atoms with Gasteiger partial charge in [0.05, 0.1) is 12.1 Å². The second kappa shape index (κ2) is 5.07. The monoisotopic (exact) mass is 253 g/mol. The first-order valence-electron chi connectivity index (χ1n) is 5.72. The number of hydrogen-bond acceptors (Lipinski definition) is 3. The summed E-state index contributed by atoms with van der Waals surface area (Å²) in [5, 5.41) is 3.69. The standard InChI is InChI=1S/C13H16ClNO2/c1-8-5-12(17-2)11(14)6-10(8)13(16)9-3-4-15-7-9/h5-6,9,15H,3-4,7H2,1-2H3. The largest absolute Gasteiger partial charge is 0.495 e. The van der Waals surface area contributed by atoms with E-state index in [9.17, 15) is 4.79 Å². The third kappa shape index (κ3) is 2.45. The van der Waals surface area contributed by atoms with Crippen LogP contribution in [-0.4, -0.2) is 26.0 Å². The first-order valence-corrected chi connectivity index (χ1v) is 6.10. The van der Waals surface area contributed by atoms with Crippen molar-refractivity contribution in [1.29, 1.82) is 0 Å². The molecule has 1 fully saturated rings. The van der Waals surface area contributed by atoms with Crippen LogP contribution in [0.15, 0.2) is 12.1 Å². The second-order valence-corrected chi connectivity index (χ2v) is 4.76. The number of carbonyl (C=O) groups is 1. The van der Waals surface area contributed by atoms with Crippen molar-refractivity contribution in [2.45, 2.75) is 13.3 Å². The zero-order chi connectivity index (χ0) is 12.4. The van der Waals surface area contributed by atoms with Gasteiger partial charge in [0.1, 0.15) is 5.75 Å². The zero-order valence-corrected chi connectivity index (χ0v) is 10.8. The fraction of sp³-hybridized carbons (Fsp3) is 0.462. The molecule has 0 radical (unpaired) electrons. The molecule has 1 heterocycles. The van der Waals surface area contributed by atoms with Crippen LogP contribution in [0.4, 0.5) is 0 Å². The van der Waals surface area contributed by atoms with E-state index in [0.717, 1.165) is 25.1 Å². The molecule has 0 aromatic heterocycles. The number of rotatable bonds is 3. The summed E-state index contributed by atoms with van der Waals surface area (Å²) < 4.78 is 5.13. The molecule has 0 saturated carbocycles. The average Bonchev–Trinajstić information content (AvgIpc) is 2.84. The quantitative estimate of drug-likeness (QED) is 0.841. The van der Waals surface area contributed by atoms with Crippen LogP contribution in [0.3, 0.4) is 0 Å². The summed E-state index contributed by atoms with van der Waals surface area (Å²) in [6.07, 6.45) is 0.905. The molecule has 1 N–H and O–H groups in total. The SMILES string of the molecule is COc1cc(C)c(C(=O)C2CCNC2)cc1Cl. The van der Waals surface area contributed by atoms with Crippen LogP contribution in [0.5, 0.6) is 5.75 Å². The second-order valence-electron chi connectivity index (χ2n) is 4.36. The highest BCUT2D eigenvalue weighted by Gasteiger charge is 2.25. The molecule has 0 spiro atoms. The maximum absolute atomic E-state index is 12.3. The Morgan fingerprint density at radius 3 is 2.88 bits per heavy atom. The Kier molecular flexibility index (Phi) is 3.69. The van der Waals surface area contributed by atoms with Crippen LogP contribution in [-0.2, 0) is 0 Å². The lowest BCUT2D eigenvalue weighted by Crippen LogP contribution is -2.18. The van der Waals surface area contributed by atoms with Crippen molar-refractivity contribution in [3.8, 4) is 5.75 Å². The lowest BCUT2D eigenvalue weighted by Gasteiger charge is -2.12. The Balaban J connectivity index is 2.31. The van der Waals surface area contributed by atoms with E-state index in [1.165, 1.54) is 0 Å². The van der Waals surface area contributed by atoms with Crippen LogP contribution < -0.4 is 10.1 Å². The lowest BCUT2D eigenvalue weighted by molar-refractivity contribution is 0.0929. The number of nitrogens with one attached hydrogen (secondary N) is 1. The van der Waals surface area contributed by atoms with Crippen LogP contribution in [0.2, 0.25) is 5.02 Å². The fourth-order valence-corrected chi connectivity index (χ4v) is 2.42. The highest BCUT2D eigenvalue weighted by atomic mass is 35.5. The molecule has 0 aliphatic carbocycles. The third-order valence-electron chi connectivity index (χ3n) is 3.20. The van der Waals surface area contributed by atoms with Crippen molar-refractivity contribution in [2.75, 3.05) is 20.2 Å². The molecule has 1 aromatic carbocycles. The Hall–Kier alpha value is -1.06. The van der Waals surface area contributed by atoms with Gasteiger partial charge in [-0.05, 0) is 37.6 Å². The maximum atomic E-state index is 12.3. The van der Waals surface area contributed by atoms with Gasteiger partial charge in [0, 0.05) is 18.0 Å². The van der Waals surface area contributed by atoms with E-state index in [1.807, 2.05) is 13.0 Å². The number of aryl methyl sites for hydroxylation is 1. The minimum atomic E-state index is 0.0816. The summed E-state index contributed by atoms with van der Waals surface area (Å²) in [4.78, 5) is 12.3. The summed E-state index contributed by atoms with van der Waals surface area (Å²) in [6.45, 7) is 3.59. The number of halogens is 1. The third-order valence-corrected chi connectivity index (χ3v) is 3.49. The van der Waals surface area contributed by atoms with Gasteiger partial charge in [-0.15, -0.1) is 0 Å². The van der Waals surface area contributed by atoms with Crippen molar-refractivity contribution in [1.82, 2.24) is 5.32 Å². The number of methoxy groups -OCH3 is 1. The van der Waals surface area contributed by atoms with Crippen molar-refractivity contribution in [3.05, 3.63) is 28.3 Å². The maximum Gasteiger partial charge on any atom is 0.167 e. The van der Waals surface area contributed by atoms with Gasteiger partial charge in [0.2, 0.25) is 0 Å². The van der Waals surface area contributed by atoms with Gasteiger partial charge in [-0.25, -0.2) is 0 Å². The predicted molar refractivity (Wildman–Crippen MR) is 68.0 cm³/mol. The van der Waals surface area contributed by atoms with Gasteiger partial charge in [0.25, 0.3) is 0 Å². The summed E-state index contributed by atoms with van der Waals surface area (Å²) in [5.74, 6) is 0.875. The molecule has 1 unspecified atom stereocenters. The van der Waals surface area contributed by atoms with Gasteiger partial charge >= 0.3 is 0 Å². The van der Waals surface area contributed by atoms with E-state index in [2.05, 4.69) is 5.32 Å². The van der Waals surface area contributed by atoms with E-state index in [4.69, 9.17) is 16.3 Å². The molecular formula is C13H16ClNO2. The molecule has 4 heteroatoms. The van der Waals surface area contributed by atoms with Crippen molar-refractivity contribution >= 4 is 17.4 Å². The molecule has 17 heavy (non-hydrogen) atoms. The molecule has 0 amide bonds. The molecule has 0 bridgehead atoms. The van der Waals surface area contributed by atoms with E-state index >= 15 is 0 Å². The van der Waals surface area contributed by atoms with Crippen molar-refractivity contribution in [2.24, 2.45) is 5.92 Å². The molecule has 92 valence electrons. The zero-order valence-electron chi connectivity index (χ0n) is 10.0. The van der Waals surface area contributed by atoms with Crippen molar-refractivity contribution < 1.29 is 9.53 Å². The summed E-state index contributed by atoms with van der Waals surface area (Å²) in [7, 11) is 1.57.